The zero-order valence-corrected chi connectivity index (χ0v) is 15.3. The number of imide groups is 1. The van der Waals surface area contributed by atoms with Crippen LogP contribution in [0.25, 0.3) is 0 Å². The van der Waals surface area contributed by atoms with E-state index in [0.717, 1.165) is 10.5 Å². The highest BCUT2D eigenvalue weighted by Gasteiger charge is 2.49. The Labute approximate surface area is 160 Å². The van der Waals surface area contributed by atoms with Crippen LogP contribution in [0.3, 0.4) is 0 Å². The van der Waals surface area contributed by atoms with Crippen molar-refractivity contribution in [2.75, 3.05) is 11.9 Å². The van der Waals surface area contributed by atoms with E-state index in [9.17, 15) is 24.5 Å². The van der Waals surface area contributed by atoms with Crippen LogP contribution < -0.4 is 10.6 Å². The summed E-state index contributed by atoms with van der Waals surface area (Å²) in [6, 6.07) is 11.8. The Kier molecular flexibility index (Phi) is 4.83. The molecular formula is C19H18N4O5. The van der Waals surface area contributed by atoms with Gasteiger partial charge in [0.2, 0.25) is 5.91 Å². The number of nitrogens with one attached hydrogen (secondary N) is 2. The largest absolute Gasteiger partial charge is 0.325 e. The predicted molar refractivity (Wildman–Crippen MR) is 101 cm³/mol. The highest BCUT2D eigenvalue weighted by molar-refractivity contribution is 6.10. The SMILES string of the molecule is Cc1ccc(NC(=O)CN2C(=O)NC(C)(c3cccc([N+](=O)[O-])c3)C2=O)cc1. The van der Waals surface area contributed by atoms with Crippen molar-refractivity contribution in [2.45, 2.75) is 19.4 Å². The lowest BCUT2D eigenvalue weighted by molar-refractivity contribution is -0.385. The Morgan fingerprint density at radius 1 is 1.21 bits per heavy atom. The van der Waals surface area contributed by atoms with Gasteiger partial charge in [0.1, 0.15) is 12.1 Å². The fraction of sp³-hybridized carbons (Fsp3) is 0.211. The summed E-state index contributed by atoms with van der Waals surface area (Å²) in [4.78, 5) is 48.6. The average molecular weight is 382 g/mol. The van der Waals surface area contributed by atoms with Gasteiger partial charge in [0.15, 0.2) is 0 Å². The molecule has 1 aliphatic rings. The highest BCUT2D eigenvalue weighted by Crippen LogP contribution is 2.30. The van der Waals surface area contributed by atoms with E-state index in [0.29, 0.717) is 5.69 Å². The lowest BCUT2D eigenvalue weighted by atomic mass is 9.91. The molecule has 0 bridgehead atoms. The first kappa shape index (κ1) is 19.0. The lowest BCUT2D eigenvalue weighted by Crippen LogP contribution is -2.42. The second-order valence-corrected chi connectivity index (χ2v) is 6.67. The summed E-state index contributed by atoms with van der Waals surface area (Å²) >= 11 is 0. The van der Waals surface area contributed by atoms with Crippen molar-refractivity contribution < 1.29 is 19.3 Å². The third kappa shape index (κ3) is 3.54. The van der Waals surface area contributed by atoms with Crippen molar-refractivity contribution in [3.8, 4) is 0 Å². The molecule has 1 aliphatic heterocycles. The maximum Gasteiger partial charge on any atom is 0.325 e. The maximum atomic E-state index is 12.8. The van der Waals surface area contributed by atoms with E-state index >= 15 is 0 Å². The van der Waals surface area contributed by atoms with Gasteiger partial charge in [-0.15, -0.1) is 0 Å². The maximum absolute atomic E-state index is 12.8. The number of hydrogen-bond acceptors (Lipinski definition) is 5. The highest BCUT2D eigenvalue weighted by atomic mass is 16.6. The molecule has 1 saturated heterocycles. The molecule has 1 atom stereocenters. The van der Waals surface area contributed by atoms with Crippen molar-refractivity contribution in [1.29, 1.82) is 0 Å². The molecule has 1 heterocycles. The molecule has 0 spiro atoms. The van der Waals surface area contributed by atoms with Crippen molar-refractivity contribution >= 4 is 29.2 Å². The number of nitro groups is 1. The van der Waals surface area contributed by atoms with E-state index in [1.807, 2.05) is 19.1 Å². The Hall–Kier alpha value is -3.75. The standard InChI is InChI=1S/C19H18N4O5/c1-12-6-8-14(9-7-12)20-16(24)11-22-17(25)19(2,21-18(22)26)13-4-3-5-15(10-13)23(27)28/h3-10H,11H2,1-2H3,(H,20,24)(H,21,26). The molecule has 0 aromatic heterocycles. The van der Waals surface area contributed by atoms with Crippen molar-refractivity contribution in [3.63, 3.8) is 0 Å². The molecule has 2 aromatic rings. The molecule has 0 radical (unpaired) electrons. The van der Waals surface area contributed by atoms with Crippen LogP contribution >= 0.6 is 0 Å². The van der Waals surface area contributed by atoms with Crippen LogP contribution in [-0.4, -0.2) is 34.2 Å². The van der Waals surface area contributed by atoms with Crippen molar-refractivity contribution in [3.05, 3.63) is 69.8 Å². The number of benzene rings is 2. The number of rotatable bonds is 5. The van der Waals surface area contributed by atoms with Crippen LogP contribution in [-0.2, 0) is 15.1 Å². The van der Waals surface area contributed by atoms with E-state index in [4.69, 9.17) is 0 Å². The van der Waals surface area contributed by atoms with Gasteiger partial charge in [0, 0.05) is 17.8 Å². The monoisotopic (exact) mass is 382 g/mol. The number of carbonyl (C=O) groups is 3. The van der Waals surface area contributed by atoms with E-state index < -0.39 is 34.9 Å². The summed E-state index contributed by atoms with van der Waals surface area (Å²) in [5, 5.41) is 16.1. The number of carbonyl (C=O) groups excluding carboxylic acids is 3. The fourth-order valence-electron chi connectivity index (χ4n) is 2.95. The molecule has 0 aliphatic carbocycles. The molecule has 3 rings (SSSR count). The number of non-ortho nitro benzene ring substituents is 1. The molecule has 4 amide bonds. The normalized spacial score (nSPS) is 18.7. The molecule has 1 fully saturated rings. The molecule has 144 valence electrons. The summed E-state index contributed by atoms with van der Waals surface area (Å²) < 4.78 is 0. The molecular weight excluding hydrogens is 364 g/mol. The van der Waals surface area contributed by atoms with Gasteiger partial charge in [-0.05, 0) is 31.5 Å². The smallest absolute Gasteiger partial charge is 0.325 e. The van der Waals surface area contributed by atoms with Gasteiger partial charge < -0.3 is 10.6 Å². The first-order valence-electron chi connectivity index (χ1n) is 8.46. The van der Waals surface area contributed by atoms with Gasteiger partial charge in [0.25, 0.3) is 11.6 Å². The number of nitrogens with zero attached hydrogens (tertiary/aromatic N) is 2. The summed E-state index contributed by atoms with van der Waals surface area (Å²) in [7, 11) is 0. The van der Waals surface area contributed by atoms with Gasteiger partial charge in [-0.1, -0.05) is 29.8 Å². The van der Waals surface area contributed by atoms with Gasteiger partial charge >= 0.3 is 6.03 Å². The zero-order valence-electron chi connectivity index (χ0n) is 15.3. The van der Waals surface area contributed by atoms with E-state index in [-0.39, 0.29) is 11.3 Å². The van der Waals surface area contributed by atoms with Crippen LogP contribution in [0, 0.1) is 17.0 Å². The van der Waals surface area contributed by atoms with Crippen LogP contribution in [0.4, 0.5) is 16.2 Å². The molecule has 2 aromatic carbocycles. The zero-order chi connectivity index (χ0) is 20.5. The first-order valence-corrected chi connectivity index (χ1v) is 8.46. The Bertz CT molecular complexity index is 973. The van der Waals surface area contributed by atoms with Crippen LogP contribution in [0.1, 0.15) is 18.1 Å². The third-order valence-electron chi connectivity index (χ3n) is 4.55. The second kappa shape index (κ2) is 7.10. The molecule has 9 heteroatoms. The minimum atomic E-state index is -1.49. The summed E-state index contributed by atoms with van der Waals surface area (Å²) in [5.74, 6) is -1.19. The molecule has 1 unspecified atom stereocenters. The van der Waals surface area contributed by atoms with Gasteiger partial charge in [-0.2, -0.15) is 0 Å². The number of amides is 4. The minimum absolute atomic E-state index is 0.198. The molecule has 0 saturated carbocycles. The second-order valence-electron chi connectivity index (χ2n) is 6.67. The van der Waals surface area contributed by atoms with Gasteiger partial charge in [0.05, 0.1) is 4.92 Å². The topological polar surface area (TPSA) is 122 Å². The van der Waals surface area contributed by atoms with Crippen LogP contribution in [0.15, 0.2) is 48.5 Å². The number of nitro benzene ring substituents is 1. The number of hydrogen-bond donors (Lipinski definition) is 2. The Balaban J connectivity index is 1.77. The molecule has 9 nitrogen and oxygen atoms in total. The van der Waals surface area contributed by atoms with Gasteiger partial charge in [-0.25, -0.2) is 4.79 Å². The predicted octanol–water partition coefficient (Wildman–Crippen LogP) is 2.31. The Morgan fingerprint density at radius 2 is 1.89 bits per heavy atom. The third-order valence-corrected chi connectivity index (χ3v) is 4.55. The van der Waals surface area contributed by atoms with Crippen molar-refractivity contribution in [1.82, 2.24) is 10.2 Å². The summed E-state index contributed by atoms with van der Waals surface area (Å²) in [6.07, 6.45) is 0. The quantitative estimate of drug-likeness (QED) is 0.467. The van der Waals surface area contributed by atoms with Crippen LogP contribution in [0.5, 0.6) is 0 Å². The fourth-order valence-corrected chi connectivity index (χ4v) is 2.95. The molecule has 2 N–H and O–H groups in total. The number of urea groups is 1. The number of aryl methyl sites for hydroxylation is 1. The van der Waals surface area contributed by atoms with Gasteiger partial charge in [-0.3, -0.25) is 24.6 Å². The molecule has 28 heavy (non-hydrogen) atoms. The number of anilines is 1. The lowest BCUT2D eigenvalue weighted by Gasteiger charge is -2.22. The van der Waals surface area contributed by atoms with E-state index in [1.54, 1.807) is 12.1 Å². The summed E-state index contributed by atoms with van der Waals surface area (Å²) in [6.45, 7) is 2.89. The minimum Gasteiger partial charge on any atom is -0.325 e. The van der Waals surface area contributed by atoms with Crippen molar-refractivity contribution in [2.24, 2.45) is 0 Å². The Morgan fingerprint density at radius 3 is 2.54 bits per heavy atom. The first-order chi connectivity index (χ1) is 13.2. The van der Waals surface area contributed by atoms with E-state index in [1.165, 1.54) is 31.2 Å². The van der Waals surface area contributed by atoms with Crippen LogP contribution in [0.2, 0.25) is 0 Å². The average Bonchev–Trinajstić information content (AvgIpc) is 2.88. The van der Waals surface area contributed by atoms with E-state index in [2.05, 4.69) is 10.6 Å². The summed E-state index contributed by atoms with van der Waals surface area (Å²) in [5.41, 5.74) is 0.148.